The van der Waals surface area contributed by atoms with Gasteiger partial charge in [0.2, 0.25) is 17.7 Å². The van der Waals surface area contributed by atoms with Crippen LogP contribution in [0.3, 0.4) is 0 Å². The first-order valence-corrected chi connectivity index (χ1v) is 11.3. The number of imide groups is 1. The van der Waals surface area contributed by atoms with Gasteiger partial charge in [-0.3, -0.25) is 28.9 Å². The van der Waals surface area contributed by atoms with Crippen LogP contribution in [-0.2, 0) is 40.8 Å². The molecule has 9 nitrogen and oxygen atoms in total. The Balaban J connectivity index is 1.51. The summed E-state index contributed by atoms with van der Waals surface area (Å²) in [7, 11) is 1.75. The molecule has 1 N–H and O–H groups in total. The third-order valence-electron chi connectivity index (χ3n) is 5.48. The molecule has 10 heteroatoms. The van der Waals surface area contributed by atoms with E-state index in [-0.39, 0.29) is 55.4 Å². The number of halogens is 1. The standard InChI is InChI=1S/C25H26FN5O4/c1-16(11-17-3-5-18(26)6-4-17)35-21-12-19(14-23(32)28-22-9-10-30(2)29-22)27-20(13-21)15-31-24(33)7-8-25(31)34/h3-6,9-10,12-13,16H,7-8,11,14-15H2,1-2H3,(H,28,29,32)/t16-/m0/s1. The SMILES string of the molecule is C[C@@H](Cc1ccc(F)cc1)Oc1cc(CC(=O)Nc2ccn(C)n2)nc(CN2C(=O)CCC2=O)c1. The van der Waals surface area contributed by atoms with E-state index >= 15 is 0 Å². The molecule has 0 unspecified atom stereocenters. The fourth-order valence-corrected chi connectivity index (χ4v) is 3.88. The minimum Gasteiger partial charge on any atom is -0.490 e. The first-order valence-electron chi connectivity index (χ1n) is 11.3. The van der Waals surface area contributed by atoms with Crippen LogP contribution in [0.15, 0.2) is 48.7 Å². The van der Waals surface area contributed by atoms with E-state index in [9.17, 15) is 18.8 Å². The lowest BCUT2D eigenvalue weighted by Gasteiger charge is -2.18. The Bertz CT molecular complexity index is 1220. The average molecular weight is 480 g/mol. The van der Waals surface area contributed by atoms with E-state index in [0.717, 1.165) is 5.56 Å². The Hall–Kier alpha value is -4.08. The van der Waals surface area contributed by atoms with E-state index in [1.165, 1.54) is 17.0 Å². The summed E-state index contributed by atoms with van der Waals surface area (Å²) >= 11 is 0. The van der Waals surface area contributed by atoms with Crippen LogP contribution in [0.2, 0.25) is 0 Å². The van der Waals surface area contributed by atoms with Gasteiger partial charge in [-0.1, -0.05) is 12.1 Å². The molecule has 1 fully saturated rings. The molecule has 0 saturated carbocycles. The van der Waals surface area contributed by atoms with Gasteiger partial charge >= 0.3 is 0 Å². The van der Waals surface area contributed by atoms with Gasteiger partial charge in [-0.05, 0) is 24.6 Å². The van der Waals surface area contributed by atoms with Crippen molar-refractivity contribution in [3.05, 3.63) is 71.4 Å². The number of carbonyl (C=O) groups is 3. The van der Waals surface area contributed by atoms with Crippen molar-refractivity contribution in [3.8, 4) is 5.75 Å². The van der Waals surface area contributed by atoms with Gasteiger partial charge in [-0.25, -0.2) is 4.39 Å². The van der Waals surface area contributed by atoms with Crippen LogP contribution < -0.4 is 10.1 Å². The minimum absolute atomic E-state index is 0.00999. The van der Waals surface area contributed by atoms with E-state index in [2.05, 4.69) is 15.4 Å². The van der Waals surface area contributed by atoms with Crippen molar-refractivity contribution in [1.82, 2.24) is 19.7 Å². The number of benzene rings is 1. The van der Waals surface area contributed by atoms with Crippen molar-refractivity contribution < 1.29 is 23.5 Å². The molecule has 0 aliphatic carbocycles. The van der Waals surface area contributed by atoms with Crippen molar-refractivity contribution >= 4 is 23.5 Å². The lowest BCUT2D eigenvalue weighted by atomic mass is 10.1. The van der Waals surface area contributed by atoms with Crippen molar-refractivity contribution in [2.45, 2.75) is 45.3 Å². The van der Waals surface area contributed by atoms with Crippen molar-refractivity contribution in [3.63, 3.8) is 0 Å². The maximum Gasteiger partial charge on any atom is 0.231 e. The van der Waals surface area contributed by atoms with Crippen LogP contribution in [0.25, 0.3) is 0 Å². The normalized spacial score (nSPS) is 14.3. The summed E-state index contributed by atoms with van der Waals surface area (Å²) in [6.07, 6.45) is 2.31. The fraction of sp³-hybridized carbons (Fsp3) is 0.320. The third-order valence-corrected chi connectivity index (χ3v) is 5.48. The minimum atomic E-state index is -0.313. The third kappa shape index (κ3) is 6.50. The second-order valence-corrected chi connectivity index (χ2v) is 8.52. The molecular weight excluding hydrogens is 453 g/mol. The molecule has 3 aromatic rings. The lowest BCUT2D eigenvalue weighted by Crippen LogP contribution is -2.29. The highest BCUT2D eigenvalue weighted by Crippen LogP contribution is 2.22. The molecule has 1 aliphatic rings. The number of likely N-dealkylation sites (tertiary alicyclic amines) is 1. The van der Waals surface area contributed by atoms with E-state index < -0.39 is 0 Å². The molecule has 182 valence electrons. The molecule has 2 aromatic heterocycles. The second-order valence-electron chi connectivity index (χ2n) is 8.52. The van der Waals surface area contributed by atoms with Crippen molar-refractivity contribution in [2.24, 2.45) is 7.05 Å². The molecule has 0 bridgehead atoms. The zero-order valence-corrected chi connectivity index (χ0v) is 19.5. The van der Waals surface area contributed by atoms with Crippen molar-refractivity contribution in [2.75, 3.05) is 5.32 Å². The van der Waals surface area contributed by atoms with Gasteiger partial charge in [-0.15, -0.1) is 0 Å². The molecule has 35 heavy (non-hydrogen) atoms. The molecule has 1 aromatic carbocycles. The zero-order valence-electron chi connectivity index (χ0n) is 19.5. The van der Waals surface area contributed by atoms with Gasteiger partial charge in [0.25, 0.3) is 0 Å². The van der Waals surface area contributed by atoms with Gasteiger partial charge in [0, 0.05) is 50.7 Å². The molecule has 3 heterocycles. The first-order chi connectivity index (χ1) is 16.7. The highest BCUT2D eigenvalue weighted by molar-refractivity contribution is 6.01. The second kappa shape index (κ2) is 10.5. The largest absolute Gasteiger partial charge is 0.490 e. The summed E-state index contributed by atoms with van der Waals surface area (Å²) in [6, 6.07) is 11.2. The van der Waals surface area contributed by atoms with Gasteiger partial charge < -0.3 is 10.1 Å². The summed E-state index contributed by atoms with van der Waals surface area (Å²) in [6.45, 7) is 1.89. The molecule has 1 aliphatic heterocycles. The predicted octanol–water partition coefficient (Wildman–Crippen LogP) is 2.79. The number of hydrogen-bond acceptors (Lipinski definition) is 6. The Labute approximate surface area is 201 Å². The quantitative estimate of drug-likeness (QED) is 0.473. The number of anilines is 1. The topological polar surface area (TPSA) is 106 Å². The van der Waals surface area contributed by atoms with E-state index in [4.69, 9.17) is 4.74 Å². The van der Waals surface area contributed by atoms with Gasteiger partial charge in [0.05, 0.1) is 30.5 Å². The first kappa shape index (κ1) is 24.1. The van der Waals surface area contributed by atoms with Gasteiger partial charge in [0.15, 0.2) is 5.82 Å². The molecule has 0 spiro atoms. The summed E-state index contributed by atoms with van der Waals surface area (Å²) in [5, 5.41) is 6.85. The molecule has 3 amide bonds. The summed E-state index contributed by atoms with van der Waals surface area (Å²) in [5.74, 6) is -0.229. The maximum atomic E-state index is 13.2. The fourth-order valence-electron chi connectivity index (χ4n) is 3.88. The number of amides is 3. The van der Waals surface area contributed by atoms with Gasteiger partial charge in [0.1, 0.15) is 11.6 Å². The number of nitrogens with one attached hydrogen (secondary N) is 1. The number of nitrogens with zero attached hydrogens (tertiary/aromatic N) is 4. The van der Waals surface area contributed by atoms with Crippen LogP contribution in [0, 0.1) is 5.82 Å². The maximum absolute atomic E-state index is 13.2. The number of ether oxygens (including phenoxy) is 1. The predicted molar refractivity (Wildman–Crippen MR) is 125 cm³/mol. The number of aromatic nitrogens is 3. The molecule has 0 radical (unpaired) electrons. The monoisotopic (exact) mass is 479 g/mol. The number of pyridine rings is 1. The van der Waals surface area contributed by atoms with E-state index in [1.807, 2.05) is 6.92 Å². The van der Waals surface area contributed by atoms with Gasteiger partial charge in [-0.2, -0.15) is 5.10 Å². The lowest BCUT2D eigenvalue weighted by molar-refractivity contribution is -0.139. The van der Waals surface area contributed by atoms with Crippen LogP contribution >= 0.6 is 0 Å². The number of carbonyl (C=O) groups excluding carboxylic acids is 3. The molecular formula is C25H26FN5O4. The van der Waals surface area contributed by atoms with Crippen LogP contribution in [0.1, 0.15) is 36.7 Å². The highest BCUT2D eigenvalue weighted by atomic mass is 19.1. The Kier molecular flexibility index (Phi) is 7.19. The molecule has 1 saturated heterocycles. The van der Waals surface area contributed by atoms with Crippen LogP contribution in [0.4, 0.5) is 10.2 Å². The number of hydrogen-bond donors (Lipinski definition) is 1. The highest BCUT2D eigenvalue weighted by Gasteiger charge is 2.29. The number of rotatable bonds is 9. The van der Waals surface area contributed by atoms with E-state index in [0.29, 0.717) is 29.4 Å². The van der Waals surface area contributed by atoms with Crippen LogP contribution in [0.5, 0.6) is 5.75 Å². The Morgan fingerprint density at radius 3 is 2.46 bits per heavy atom. The average Bonchev–Trinajstić information content (AvgIpc) is 3.34. The summed E-state index contributed by atoms with van der Waals surface area (Å²) in [4.78, 5) is 42.4. The summed E-state index contributed by atoms with van der Waals surface area (Å²) < 4.78 is 20.9. The molecule has 1 atom stereocenters. The smallest absolute Gasteiger partial charge is 0.231 e. The Morgan fingerprint density at radius 2 is 1.80 bits per heavy atom. The molecule has 4 rings (SSSR count). The number of aryl methyl sites for hydroxylation is 1. The Morgan fingerprint density at radius 1 is 1.11 bits per heavy atom. The van der Waals surface area contributed by atoms with Crippen molar-refractivity contribution in [1.29, 1.82) is 0 Å². The van der Waals surface area contributed by atoms with E-state index in [1.54, 1.807) is 48.3 Å². The zero-order chi connectivity index (χ0) is 24.9. The van der Waals surface area contributed by atoms with Crippen LogP contribution in [-0.4, -0.2) is 43.5 Å². The summed E-state index contributed by atoms with van der Waals surface area (Å²) in [5.41, 5.74) is 1.79.